The molecule has 1 N–H and O–H groups in total. The van der Waals surface area contributed by atoms with Crippen molar-refractivity contribution in [2.24, 2.45) is 5.92 Å². The van der Waals surface area contributed by atoms with Crippen molar-refractivity contribution in [3.63, 3.8) is 0 Å². The molecule has 4 atom stereocenters. The van der Waals surface area contributed by atoms with Gasteiger partial charge in [-0.3, -0.25) is 19.3 Å². The summed E-state index contributed by atoms with van der Waals surface area (Å²) in [6.45, 7) is -0.306. The van der Waals surface area contributed by atoms with Crippen LogP contribution in [0.25, 0.3) is 0 Å². The van der Waals surface area contributed by atoms with Crippen molar-refractivity contribution in [2.75, 3.05) is 6.54 Å². The van der Waals surface area contributed by atoms with E-state index in [1.54, 1.807) is 0 Å². The zero-order valence-electron chi connectivity index (χ0n) is 10.7. The molecule has 4 unspecified atom stereocenters. The normalized spacial score (nSPS) is 41.0. The largest absolute Gasteiger partial charge is 0.329 e. The Morgan fingerprint density at radius 1 is 1.30 bits per heavy atom. The molecule has 5 aliphatic rings. The number of amides is 3. The molecule has 0 aromatic rings. The van der Waals surface area contributed by atoms with E-state index < -0.39 is 23.6 Å². The van der Waals surface area contributed by atoms with Crippen LogP contribution in [-0.2, 0) is 23.9 Å². The second-order valence-electron chi connectivity index (χ2n) is 5.73. The Morgan fingerprint density at radius 3 is 2.70 bits per heavy atom. The van der Waals surface area contributed by atoms with Crippen molar-refractivity contribution in [3.05, 3.63) is 12.2 Å². The minimum absolute atomic E-state index is 0.143. The fraction of sp³-hybridized carbons (Fsp3) is 0.615. The molecule has 4 aliphatic heterocycles. The summed E-state index contributed by atoms with van der Waals surface area (Å²) in [4.78, 5) is 35.7. The van der Waals surface area contributed by atoms with E-state index in [0.29, 0.717) is 12.3 Å². The number of nitrogens with one attached hydrogen (secondary N) is 1. The van der Waals surface area contributed by atoms with E-state index in [0.717, 1.165) is 29.9 Å². The molecule has 4 fully saturated rings. The fourth-order valence-corrected chi connectivity index (χ4v) is 3.57. The third kappa shape index (κ3) is 1.70. The summed E-state index contributed by atoms with van der Waals surface area (Å²) in [6, 6.07) is 0. The third-order valence-electron chi connectivity index (χ3n) is 4.35. The predicted molar refractivity (Wildman–Crippen MR) is 63.8 cm³/mol. The van der Waals surface area contributed by atoms with E-state index in [-0.39, 0.29) is 18.8 Å². The summed E-state index contributed by atoms with van der Waals surface area (Å²) in [5.41, 5.74) is 0. The van der Waals surface area contributed by atoms with E-state index in [1.807, 2.05) is 0 Å². The van der Waals surface area contributed by atoms with Gasteiger partial charge in [-0.25, -0.2) is 0 Å². The lowest BCUT2D eigenvalue weighted by Crippen LogP contribution is -2.57. The maximum absolute atomic E-state index is 12.0. The molecule has 3 saturated heterocycles. The maximum Gasteiger partial charge on any atom is 0.254 e. The van der Waals surface area contributed by atoms with Gasteiger partial charge in [-0.05, 0) is 12.3 Å². The summed E-state index contributed by atoms with van der Waals surface area (Å²) in [5, 5.41) is 2.70. The van der Waals surface area contributed by atoms with Crippen molar-refractivity contribution < 1.29 is 23.9 Å². The zero-order valence-corrected chi connectivity index (χ0v) is 10.7. The van der Waals surface area contributed by atoms with Gasteiger partial charge in [-0.2, -0.15) is 0 Å². The van der Waals surface area contributed by atoms with Crippen molar-refractivity contribution in [2.45, 2.75) is 37.4 Å². The molecule has 20 heavy (non-hydrogen) atoms. The molecule has 1 aliphatic carbocycles. The Kier molecular flexibility index (Phi) is 2.34. The van der Waals surface area contributed by atoms with E-state index in [4.69, 9.17) is 9.47 Å². The molecule has 0 aromatic carbocycles. The molecule has 0 aromatic heterocycles. The number of carbonyl (C=O) groups excluding carboxylic acids is 3. The lowest BCUT2D eigenvalue weighted by atomic mass is 10.0. The molecule has 5 rings (SSSR count). The molecule has 7 heteroatoms. The summed E-state index contributed by atoms with van der Waals surface area (Å²) < 4.78 is 11.5. The van der Waals surface area contributed by atoms with Gasteiger partial charge < -0.3 is 14.8 Å². The highest BCUT2D eigenvalue weighted by Gasteiger charge is 2.59. The number of hydrogen-bond donors (Lipinski definition) is 1. The first kappa shape index (κ1) is 12.0. The van der Waals surface area contributed by atoms with E-state index in [1.165, 1.54) is 0 Å². The smallest absolute Gasteiger partial charge is 0.254 e. The van der Waals surface area contributed by atoms with Gasteiger partial charge in [-0.15, -0.1) is 0 Å². The van der Waals surface area contributed by atoms with E-state index in [9.17, 15) is 14.4 Å². The van der Waals surface area contributed by atoms with Crippen LogP contribution in [0.1, 0.15) is 19.3 Å². The quantitative estimate of drug-likeness (QED) is 0.689. The zero-order chi connectivity index (χ0) is 13.9. The van der Waals surface area contributed by atoms with Crippen molar-refractivity contribution in [1.82, 2.24) is 10.2 Å². The van der Waals surface area contributed by atoms with Gasteiger partial charge in [0.05, 0.1) is 12.2 Å². The van der Waals surface area contributed by atoms with Crippen LogP contribution in [0.4, 0.5) is 0 Å². The van der Waals surface area contributed by atoms with Crippen molar-refractivity contribution in [3.8, 4) is 0 Å². The van der Waals surface area contributed by atoms with E-state index >= 15 is 0 Å². The average Bonchev–Trinajstić information content (AvgIpc) is 2.91. The maximum atomic E-state index is 12.0. The summed E-state index contributed by atoms with van der Waals surface area (Å²) in [7, 11) is 0. The number of carbonyl (C=O) groups is 3. The average molecular weight is 278 g/mol. The second kappa shape index (κ2) is 3.89. The van der Waals surface area contributed by atoms with Gasteiger partial charge in [-0.1, -0.05) is 0 Å². The summed E-state index contributed by atoms with van der Waals surface area (Å²) in [6.07, 6.45) is 5.12. The van der Waals surface area contributed by atoms with Gasteiger partial charge in [0.2, 0.25) is 5.91 Å². The van der Waals surface area contributed by atoms with Crippen LogP contribution in [0.2, 0.25) is 0 Å². The SMILES string of the molecule is O=C(CN1C(=O)C=CC1=O)NC12CC3CC(CC3O1)O2. The lowest BCUT2D eigenvalue weighted by molar-refractivity contribution is -0.294. The highest BCUT2D eigenvalue weighted by atomic mass is 16.7. The molecule has 1 saturated carbocycles. The predicted octanol–water partition coefficient (Wildman–Crippen LogP) is -0.721. The van der Waals surface area contributed by atoms with Crippen LogP contribution in [-0.4, -0.2) is 47.3 Å². The second-order valence-corrected chi connectivity index (χ2v) is 5.73. The van der Waals surface area contributed by atoms with Crippen molar-refractivity contribution in [1.29, 1.82) is 0 Å². The Morgan fingerprint density at radius 2 is 2.05 bits per heavy atom. The monoisotopic (exact) mass is 278 g/mol. The molecule has 0 radical (unpaired) electrons. The first-order chi connectivity index (χ1) is 9.55. The molecular weight excluding hydrogens is 264 g/mol. The van der Waals surface area contributed by atoms with Crippen LogP contribution in [0.5, 0.6) is 0 Å². The molecule has 106 valence electrons. The topological polar surface area (TPSA) is 84.9 Å². The van der Waals surface area contributed by atoms with Gasteiger partial charge in [0.15, 0.2) is 0 Å². The Labute approximate surface area is 114 Å². The Hall–Kier alpha value is -1.73. The highest BCUT2D eigenvalue weighted by Crippen LogP contribution is 2.51. The lowest BCUT2D eigenvalue weighted by Gasteiger charge is -2.38. The number of nitrogens with zero attached hydrogens (tertiary/aromatic N) is 1. The highest BCUT2D eigenvalue weighted by molar-refractivity contribution is 6.14. The fourth-order valence-electron chi connectivity index (χ4n) is 3.57. The number of ether oxygens (including phenoxy) is 2. The van der Waals surface area contributed by atoms with Crippen molar-refractivity contribution >= 4 is 17.7 Å². The molecular formula is C13H14N2O5. The van der Waals surface area contributed by atoms with Crippen LogP contribution < -0.4 is 5.32 Å². The molecule has 7 nitrogen and oxygen atoms in total. The van der Waals surface area contributed by atoms with Crippen LogP contribution >= 0.6 is 0 Å². The summed E-state index contributed by atoms with van der Waals surface area (Å²) >= 11 is 0. The number of hydrogen-bond acceptors (Lipinski definition) is 5. The third-order valence-corrected chi connectivity index (χ3v) is 4.35. The minimum atomic E-state index is -1.05. The molecule has 3 amide bonds. The number of imide groups is 1. The Balaban J connectivity index is 1.41. The molecule has 4 bridgehead atoms. The first-order valence-corrected chi connectivity index (χ1v) is 6.75. The minimum Gasteiger partial charge on any atom is -0.329 e. The van der Waals surface area contributed by atoms with Gasteiger partial charge in [0.1, 0.15) is 6.54 Å². The van der Waals surface area contributed by atoms with Crippen LogP contribution in [0.15, 0.2) is 12.2 Å². The van der Waals surface area contributed by atoms with Gasteiger partial charge in [0, 0.05) is 25.0 Å². The molecule has 4 heterocycles. The first-order valence-electron chi connectivity index (χ1n) is 6.75. The summed E-state index contributed by atoms with van der Waals surface area (Å²) in [5.74, 6) is -2.00. The number of rotatable bonds is 3. The Bertz CT molecular complexity index is 505. The van der Waals surface area contributed by atoms with Gasteiger partial charge in [0.25, 0.3) is 17.7 Å². The van der Waals surface area contributed by atoms with Crippen LogP contribution in [0, 0.1) is 5.92 Å². The van der Waals surface area contributed by atoms with E-state index in [2.05, 4.69) is 5.32 Å². The molecule has 0 spiro atoms. The standard InChI is InChI=1S/C13H14N2O5/c16-10(6-15-11(17)1-2-12(15)18)14-13-5-7-3-8(19-13)4-9(7)20-13/h1-2,7-9H,3-6H2,(H,14,16). The van der Waals surface area contributed by atoms with Crippen LogP contribution in [0.3, 0.4) is 0 Å². The van der Waals surface area contributed by atoms with Gasteiger partial charge >= 0.3 is 0 Å².